The topological polar surface area (TPSA) is 83.8 Å². The van der Waals surface area contributed by atoms with Gasteiger partial charge in [0.2, 0.25) is 0 Å². The third-order valence-corrected chi connectivity index (χ3v) is 5.44. The Labute approximate surface area is 178 Å². The molecule has 0 spiro atoms. The van der Waals surface area contributed by atoms with Gasteiger partial charge in [-0.2, -0.15) is 5.10 Å². The number of allylic oxidation sites excluding steroid dienone is 2. The summed E-state index contributed by atoms with van der Waals surface area (Å²) in [5.41, 5.74) is 4.74. The van der Waals surface area contributed by atoms with E-state index in [1.165, 1.54) is 12.4 Å². The number of nitrogens with one attached hydrogen (secondary N) is 2. The van der Waals surface area contributed by atoms with Gasteiger partial charge in [-0.25, -0.2) is 18.9 Å². The minimum absolute atomic E-state index is 0.198. The molecule has 4 aromatic rings. The Balaban J connectivity index is 1.51. The van der Waals surface area contributed by atoms with Crippen LogP contribution in [0.2, 0.25) is 0 Å². The number of aromatic nitrogens is 6. The van der Waals surface area contributed by atoms with E-state index in [-0.39, 0.29) is 11.4 Å². The lowest BCUT2D eigenvalue weighted by molar-refractivity contribution is 0.422. The van der Waals surface area contributed by atoms with E-state index in [2.05, 4.69) is 25.4 Å². The Hall–Kier alpha value is -3.65. The molecule has 0 fully saturated rings. The van der Waals surface area contributed by atoms with Gasteiger partial charge in [0.25, 0.3) is 0 Å². The fraction of sp³-hybridized carbons (Fsp3) is 0.217. The molecule has 0 aliphatic heterocycles. The van der Waals surface area contributed by atoms with Gasteiger partial charge >= 0.3 is 0 Å². The summed E-state index contributed by atoms with van der Waals surface area (Å²) >= 11 is 0. The molecule has 4 heterocycles. The number of fused-ring (bicyclic) bond motifs is 1. The second kappa shape index (κ2) is 7.55. The minimum Gasteiger partial charge on any atom is -0.339 e. The van der Waals surface area contributed by atoms with Crippen LogP contribution in [0.3, 0.4) is 0 Å². The maximum Gasteiger partial charge on any atom is 0.155 e. The highest BCUT2D eigenvalue weighted by Gasteiger charge is 2.23. The molecule has 0 saturated heterocycles. The highest BCUT2D eigenvalue weighted by Crippen LogP contribution is 2.30. The number of halogens is 1. The largest absolute Gasteiger partial charge is 0.339 e. The maximum atomic E-state index is 13.4. The fourth-order valence-electron chi connectivity index (χ4n) is 3.67. The zero-order valence-corrected chi connectivity index (χ0v) is 17.3. The number of aryl methyl sites for hydroxylation is 1. The monoisotopic (exact) mass is 415 g/mol. The minimum atomic E-state index is -0.329. The summed E-state index contributed by atoms with van der Waals surface area (Å²) in [7, 11) is 0. The van der Waals surface area contributed by atoms with Gasteiger partial charge in [-0.1, -0.05) is 12.1 Å². The Bertz CT molecular complexity index is 1320. The van der Waals surface area contributed by atoms with Crippen LogP contribution in [-0.2, 0) is 6.54 Å². The van der Waals surface area contributed by atoms with Crippen molar-refractivity contribution in [2.24, 2.45) is 0 Å². The molecular formula is C23H22FN7. The van der Waals surface area contributed by atoms with Gasteiger partial charge in [0, 0.05) is 23.0 Å². The standard InChI is InChI=1S/C23H22FN7/c1-15-4-3-5-18(28-15)22-21(16-6-7-20-25-14-27-31(20)13-16)29-19(30-22)12-26-23(2)10-8-17(24)9-11-23/h3-10,13-14,26H,11-12H2,1-2H3,(H,29,30)/t23-/m1/s1. The van der Waals surface area contributed by atoms with Crippen LogP contribution in [0.4, 0.5) is 4.39 Å². The number of rotatable bonds is 5. The molecule has 31 heavy (non-hydrogen) atoms. The van der Waals surface area contributed by atoms with Gasteiger partial charge in [-0.15, -0.1) is 0 Å². The molecule has 1 atom stereocenters. The molecule has 8 heteroatoms. The molecule has 0 amide bonds. The summed E-state index contributed by atoms with van der Waals surface area (Å²) < 4.78 is 15.1. The van der Waals surface area contributed by atoms with Crippen molar-refractivity contribution in [1.82, 2.24) is 34.9 Å². The Kier molecular flexibility index (Phi) is 4.71. The van der Waals surface area contributed by atoms with Crippen LogP contribution in [-0.4, -0.2) is 35.1 Å². The van der Waals surface area contributed by atoms with Crippen molar-refractivity contribution in [2.45, 2.75) is 32.4 Å². The SMILES string of the molecule is Cc1cccc(-c2[nH]c(CN[C@]3(C)C=CC(F)=CC3)nc2-c2ccc3ncnn3c2)n1. The maximum absolute atomic E-state index is 13.4. The van der Waals surface area contributed by atoms with Gasteiger partial charge in [-0.3, -0.25) is 4.98 Å². The highest BCUT2D eigenvalue weighted by molar-refractivity contribution is 5.77. The van der Waals surface area contributed by atoms with E-state index in [0.717, 1.165) is 39.8 Å². The van der Waals surface area contributed by atoms with Crippen molar-refractivity contribution in [3.63, 3.8) is 0 Å². The van der Waals surface area contributed by atoms with Crippen molar-refractivity contribution < 1.29 is 4.39 Å². The van der Waals surface area contributed by atoms with Crippen LogP contribution in [0.5, 0.6) is 0 Å². The number of imidazole rings is 1. The van der Waals surface area contributed by atoms with Crippen molar-refractivity contribution in [3.8, 4) is 22.6 Å². The fourth-order valence-corrected chi connectivity index (χ4v) is 3.67. The first-order chi connectivity index (χ1) is 15.0. The molecule has 156 valence electrons. The zero-order chi connectivity index (χ0) is 21.4. The van der Waals surface area contributed by atoms with E-state index >= 15 is 0 Å². The van der Waals surface area contributed by atoms with Crippen molar-refractivity contribution in [3.05, 3.63) is 78.4 Å². The zero-order valence-electron chi connectivity index (χ0n) is 17.3. The van der Waals surface area contributed by atoms with Crippen molar-refractivity contribution in [1.29, 1.82) is 0 Å². The second-order valence-electron chi connectivity index (χ2n) is 7.95. The molecule has 7 nitrogen and oxygen atoms in total. The van der Waals surface area contributed by atoms with Crippen LogP contribution >= 0.6 is 0 Å². The molecule has 5 rings (SSSR count). The lowest BCUT2D eigenvalue weighted by Gasteiger charge is -2.28. The Morgan fingerprint density at radius 2 is 2.13 bits per heavy atom. The predicted octanol–water partition coefficient (Wildman–Crippen LogP) is 4.15. The van der Waals surface area contributed by atoms with Crippen LogP contribution in [0, 0.1) is 6.92 Å². The number of pyridine rings is 2. The van der Waals surface area contributed by atoms with Gasteiger partial charge in [0.15, 0.2) is 5.65 Å². The number of hydrogen-bond donors (Lipinski definition) is 2. The first-order valence-corrected chi connectivity index (χ1v) is 10.1. The van der Waals surface area contributed by atoms with Crippen LogP contribution < -0.4 is 5.32 Å². The molecule has 4 aromatic heterocycles. The lowest BCUT2D eigenvalue weighted by Crippen LogP contribution is -2.40. The van der Waals surface area contributed by atoms with Gasteiger partial charge < -0.3 is 10.3 Å². The molecule has 0 bridgehead atoms. The predicted molar refractivity (Wildman–Crippen MR) is 117 cm³/mol. The second-order valence-corrected chi connectivity index (χ2v) is 7.95. The van der Waals surface area contributed by atoms with Gasteiger partial charge in [0.05, 0.1) is 23.6 Å². The molecule has 2 N–H and O–H groups in total. The first kappa shape index (κ1) is 19.3. The summed E-state index contributed by atoms with van der Waals surface area (Å²) in [5, 5.41) is 7.71. The average molecular weight is 415 g/mol. The third-order valence-electron chi connectivity index (χ3n) is 5.44. The Morgan fingerprint density at radius 3 is 2.94 bits per heavy atom. The molecule has 1 aliphatic rings. The summed E-state index contributed by atoms with van der Waals surface area (Å²) in [6.45, 7) is 4.50. The molecule has 1 aliphatic carbocycles. The Morgan fingerprint density at radius 1 is 1.23 bits per heavy atom. The summed E-state index contributed by atoms with van der Waals surface area (Å²) in [6.07, 6.45) is 8.97. The van der Waals surface area contributed by atoms with E-state index in [4.69, 9.17) is 4.98 Å². The van der Waals surface area contributed by atoms with E-state index in [1.54, 1.807) is 10.6 Å². The van der Waals surface area contributed by atoms with E-state index in [0.29, 0.717) is 13.0 Å². The number of H-pyrrole nitrogens is 1. The van der Waals surface area contributed by atoms with Crippen LogP contribution in [0.15, 0.2) is 66.9 Å². The first-order valence-electron chi connectivity index (χ1n) is 10.1. The average Bonchev–Trinajstić information content (AvgIpc) is 3.41. The van der Waals surface area contributed by atoms with Crippen LogP contribution in [0.25, 0.3) is 28.3 Å². The van der Waals surface area contributed by atoms with Crippen LogP contribution in [0.1, 0.15) is 24.9 Å². The normalized spacial score (nSPS) is 18.5. The van der Waals surface area contributed by atoms with E-state index in [1.807, 2.05) is 56.5 Å². The molecule has 0 aromatic carbocycles. The number of aromatic amines is 1. The van der Waals surface area contributed by atoms with Crippen molar-refractivity contribution in [2.75, 3.05) is 0 Å². The highest BCUT2D eigenvalue weighted by atomic mass is 19.1. The van der Waals surface area contributed by atoms with Gasteiger partial charge in [0.1, 0.15) is 18.0 Å². The molecule has 0 unspecified atom stereocenters. The smallest absolute Gasteiger partial charge is 0.155 e. The van der Waals surface area contributed by atoms with E-state index in [9.17, 15) is 4.39 Å². The quantitative estimate of drug-likeness (QED) is 0.512. The molecule has 0 saturated carbocycles. The summed E-state index contributed by atoms with van der Waals surface area (Å²) in [5.74, 6) is 0.576. The molecular weight excluding hydrogens is 393 g/mol. The lowest BCUT2D eigenvalue weighted by atomic mass is 9.93. The summed E-state index contributed by atoms with van der Waals surface area (Å²) in [6, 6.07) is 9.81. The van der Waals surface area contributed by atoms with Gasteiger partial charge in [-0.05, 0) is 56.7 Å². The molecule has 0 radical (unpaired) electrons. The third kappa shape index (κ3) is 3.89. The number of nitrogens with zero attached hydrogens (tertiary/aromatic N) is 5. The number of hydrogen-bond acceptors (Lipinski definition) is 5. The van der Waals surface area contributed by atoms with E-state index < -0.39 is 0 Å². The summed E-state index contributed by atoms with van der Waals surface area (Å²) in [4.78, 5) is 17.2. The van der Waals surface area contributed by atoms with Crippen molar-refractivity contribution >= 4 is 5.65 Å².